The fourth-order valence-corrected chi connectivity index (χ4v) is 9.56. The molecule has 1 amide bonds. The van der Waals surface area contributed by atoms with Crippen LogP contribution >= 0.6 is 0 Å². The molecule has 0 radical (unpaired) electrons. The van der Waals surface area contributed by atoms with Crippen molar-refractivity contribution in [3.8, 4) is 34.3 Å². The molecule has 2 aliphatic carbocycles. The summed E-state index contributed by atoms with van der Waals surface area (Å²) in [7, 11) is 1.34. The number of aromatic hydroxyl groups is 2. The predicted octanol–water partition coefficient (Wildman–Crippen LogP) is 6.15. The summed E-state index contributed by atoms with van der Waals surface area (Å²) < 4.78 is 19.6. The molecule has 2 saturated carbocycles. The average molecular weight is 1020 g/mol. The number of imidazole rings is 2. The van der Waals surface area contributed by atoms with Crippen LogP contribution in [0, 0.1) is 0 Å². The number of ether oxygens (including phenoxy) is 1. The number of aliphatic carboxylic acids is 1. The summed E-state index contributed by atoms with van der Waals surface area (Å²) in [6, 6.07) is 26.5. The molecule has 17 nitrogen and oxygen atoms in total. The first-order valence-corrected chi connectivity index (χ1v) is 24.2. The zero-order valence-corrected chi connectivity index (χ0v) is 41.1. The van der Waals surface area contributed by atoms with Gasteiger partial charge in [0.2, 0.25) is 0 Å². The van der Waals surface area contributed by atoms with Crippen molar-refractivity contribution in [3.63, 3.8) is 0 Å². The van der Waals surface area contributed by atoms with E-state index in [1.165, 1.54) is 57.8 Å². The maximum Gasteiger partial charge on any atom is 0.364 e. The summed E-state index contributed by atoms with van der Waals surface area (Å²) in [6.07, 6.45) is 19.0. The summed E-state index contributed by atoms with van der Waals surface area (Å²) in [5.74, 6) is -0.862. The van der Waals surface area contributed by atoms with Crippen molar-refractivity contribution < 1.29 is 71.3 Å². The van der Waals surface area contributed by atoms with Crippen molar-refractivity contribution >= 4 is 45.9 Å². The largest absolute Gasteiger partial charge is 1.00 e. The van der Waals surface area contributed by atoms with Crippen LogP contribution in [-0.2, 0) is 27.2 Å². The zero-order valence-electron chi connectivity index (χ0n) is 40.4. The van der Waals surface area contributed by atoms with Gasteiger partial charge in [-0.05, 0) is 110 Å². The van der Waals surface area contributed by atoms with E-state index in [1.54, 1.807) is 85.7 Å². The number of hydrogen-bond donors (Lipinski definition) is 6. The zero-order chi connectivity index (χ0) is 50.7. The second-order valence-electron chi connectivity index (χ2n) is 18.3. The monoisotopic (exact) mass is 1010 g/mol. The predicted molar refractivity (Wildman–Crippen MR) is 267 cm³/mol. The molecule has 382 valence electrons. The van der Waals surface area contributed by atoms with Gasteiger partial charge in [0, 0.05) is 30.5 Å². The maximum atomic E-state index is 13.0. The summed E-state index contributed by atoms with van der Waals surface area (Å²) in [5, 5.41) is 40.0. The Balaban J connectivity index is 0.000000176. The molecule has 4 aromatic carbocycles. The minimum absolute atomic E-state index is 0. The minimum atomic E-state index is -1.13. The van der Waals surface area contributed by atoms with Crippen LogP contribution < -0.4 is 23.5 Å². The number of phenolic OH excluding ortho intramolecular Hbond substituents is 2. The molecule has 2 aliphatic rings. The molecule has 0 aliphatic heterocycles. The van der Waals surface area contributed by atoms with Crippen LogP contribution in [0.1, 0.15) is 108 Å². The molecule has 4 aromatic heterocycles. The summed E-state index contributed by atoms with van der Waals surface area (Å²) >= 11 is 0. The fraction of sp³-hybridized carbons (Fsp3) is 0.309. The van der Waals surface area contributed by atoms with Gasteiger partial charge in [-0.1, -0.05) is 62.8 Å². The number of hydrogen-bond acceptors (Lipinski definition) is 11. The number of carboxylic acids is 2. The Morgan fingerprint density at radius 1 is 0.658 bits per heavy atom. The first-order valence-electron chi connectivity index (χ1n) is 24.2. The number of furan rings is 2. The number of esters is 1. The lowest BCUT2D eigenvalue weighted by atomic mass is 9.95. The quantitative estimate of drug-likeness (QED) is 0.0709. The summed E-state index contributed by atoms with van der Waals surface area (Å²) in [4.78, 5) is 56.6. The van der Waals surface area contributed by atoms with Crippen LogP contribution in [-0.4, -0.2) is 82.5 Å². The molecule has 73 heavy (non-hydrogen) atoms. The second-order valence-corrected chi connectivity index (χ2v) is 18.3. The molecule has 4 heterocycles. The molecule has 2 atom stereocenters. The van der Waals surface area contributed by atoms with E-state index in [4.69, 9.17) is 23.9 Å². The molecule has 8 aromatic rings. The third kappa shape index (κ3) is 13.0. The lowest BCUT2D eigenvalue weighted by molar-refractivity contribution is -0.407. The van der Waals surface area contributed by atoms with Gasteiger partial charge in [0.25, 0.3) is 5.91 Å². The number of nitrogens with one attached hydrogen (secondary N) is 1. The van der Waals surface area contributed by atoms with Crippen LogP contribution in [0.3, 0.4) is 0 Å². The Hall–Kier alpha value is -7.89. The Bertz CT molecular complexity index is 3100. The molecule has 0 saturated heterocycles. The summed E-state index contributed by atoms with van der Waals surface area (Å²) in [5.41, 5.74) is 11.1. The number of aromatic nitrogens is 4. The number of carbonyl (C=O) groups excluding carboxylic acids is 2. The van der Waals surface area contributed by atoms with E-state index < -0.39 is 29.9 Å². The molecule has 8 N–H and O–H groups in total. The van der Waals surface area contributed by atoms with Crippen LogP contribution in [0.5, 0.6) is 11.5 Å². The van der Waals surface area contributed by atoms with Crippen LogP contribution in [0.4, 0.5) is 0 Å². The number of carboxylic acid groups (broad SMARTS) is 2. The molecular weight excluding hydrogens is 956 g/mol. The number of aromatic carboxylic acids is 1. The van der Waals surface area contributed by atoms with Gasteiger partial charge in [-0.15, -0.1) is 0 Å². The van der Waals surface area contributed by atoms with Crippen molar-refractivity contribution in [2.24, 2.45) is 0 Å². The van der Waals surface area contributed by atoms with Crippen molar-refractivity contribution in [1.82, 2.24) is 24.4 Å². The van der Waals surface area contributed by atoms with Gasteiger partial charge in [-0.25, -0.2) is 24.4 Å². The van der Waals surface area contributed by atoms with Gasteiger partial charge in [-0.3, -0.25) is 4.79 Å². The van der Waals surface area contributed by atoms with E-state index in [0.29, 0.717) is 35.1 Å². The Kier molecular flexibility index (Phi) is 17.8. The van der Waals surface area contributed by atoms with Gasteiger partial charge in [0.05, 0.1) is 58.4 Å². The van der Waals surface area contributed by atoms with Crippen LogP contribution in [0.25, 0.3) is 44.8 Å². The van der Waals surface area contributed by atoms with E-state index in [-0.39, 0.29) is 41.9 Å². The number of fused-ring (bicyclic) bond motifs is 2. The second kappa shape index (κ2) is 24.5. The lowest BCUT2D eigenvalue weighted by Crippen LogP contribution is -3.00. The molecular formula is C55H59ClN6O11. The van der Waals surface area contributed by atoms with Crippen molar-refractivity contribution in [3.05, 3.63) is 144 Å². The molecule has 2 fully saturated rings. The van der Waals surface area contributed by atoms with E-state index in [1.807, 2.05) is 24.3 Å². The maximum absolute atomic E-state index is 13.0. The Morgan fingerprint density at radius 2 is 1.11 bits per heavy atom. The number of halogens is 1. The number of quaternary nitrogens is 1. The smallest absolute Gasteiger partial charge is 0.364 e. The van der Waals surface area contributed by atoms with Gasteiger partial charge < -0.3 is 66.6 Å². The third-order valence-corrected chi connectivity index (χ3v) is 13.3. The number of carbonyl (C=O) groups is 4. The first kappa shape index (κ1) is 52.9. The van der Waals surface area contributed by atoms with E-state index in [2.05, 4.69) is 24.9 Å². The minimum Gasteiger partial charge on any atom is -1.00 e. The normalized spacial score (nSPS) is 14.7. The Morgan fingerprint density at radius 3 is 1.53 bits per heavy atom. The number of phenols is 2. The number of nitrogens with zero attached hydrogens (tertiary/aromatic N) is 4. The van der Waals surface area contributed by atoms with E-state index >= 15 is 0 Å². The van der Waals surface area contributed by atoms with Gasteiger partial charge in [-0.2, -0.15) is 0 Å². The topological polar surface area (TPSA) is 260 Å². The Labute approximate surface area is 427 Å². The number of amides is 1. The van der Waals surface area contributed by atoms with Crippen molar-refractivity contribution in [2.75, 3.05) is 7.11 Å². The molecule has 0 unspecified atom stereocenters. The van der Waals surface area contributed by atoms with E-state index in [0.717, 1.165) is 70.6 Å². The highest BCUT2D eigenvalue weighted by Crippen LogP contribution is 2.38. The number of methoxy groups -OCH3 is 1. The standard InChI is InChI=1S/C27H27N3O5.C18H18N2O3.C10H13NO3.ClH/c31-21-9-6-17(7-10-21)14-23(27(33)34)29-26(32)18-8-11-24-22(15-18)28-25(19-12-13-35-16-19)30(24)20-4-2-1-3-5-20;21-18(22)12-6-7-16-15(10-12)19-17(13-8-9-23-11-13)20(16)14-4-2-1-3-5-14;1-14-10(13)9(11)6-7-2-4-8(12)5-3-7;/h6-13,15-16,20,23,31H,1-5,14H2,(H,29,32)(H,33,34);6-11,14H,1-5H2,(H,21,22);2-5,9,12H,6,11H2,1H3;1H/t23-;;9-;/m0.0./s1. The lowest BCUT2D eigenvalue weighted by Gasteiger charge is -2.25. The molecule has 10 rings (SSSR count). The van der Waals surface area contributed by atoms with Crippen LogP contribution in [0.15, 0.2) is 131 Å². The van der Waals surface area contributed by atoms with Crippen molar-refractivity contribution in [2.45, 2.75) is 101 Å². The van der Waals surface area contributed by atoms with Crippen LogP contribution in [0.2, 0.25) is 0 Å². The fourth-order valence-electron chi connectivity index (χ4n) is 9.56. The SMILES string of the molecule is COC(=O)[C@@H]([NH3+])Cc1ccc(O)cc1.O=C(N[C@@H](Cc1ccc(O)cc1)C(=O)O)c1ccc2c(c1)nc(-c1ccoc1)n2C1CCCCC1.O=C(O)c1ccc2c(c1)nc(-c1ccoc1)n2C1CCCCC1.[Cl-]. The molecule has 18 heteroatoms. The number of rotatable bonds is 13. The van der Waals surface area contributed by atoms with Gasteiger partial charge in [0.15, 0.2) is 6.04 Å². The number of benzene rings is 4. The first-order chi connectivity index (χ1) is 34.9. The third-order valence-electron chi connectivity index (χ3n) is 13.3. The van der Waals surface area contributed by atoms with Gasteiger partial charge in [0.1, 0.15) is 41.7 Å². The molecule has 0 spiro atoms. The summed E-state index contributed by atoms with van der Waals surface area (Å²) in [6.45, 7) is 0. The van der Waals surface area contributed by atoms with Crippen molar-refractivity contribution in [1.29, 1.82) is 0 Å². The average Bonchev–Trinajstić information content (AvgIpc) is 4.25. The highest BCUT2D eigenvalue weighted by molar-refractivity contribution is 5.99. The molecule has 0 bridgehead atoms. The highest BCUT2D eigenvalue weighted by Gasteiger charge is 2.27. The highest BCUT2D eigenvalue weighted by atomic mass is 35.5. The van der Waals surface area contributed by atoms with E-state index in [9.17, 15) is 34.5 Å². The van der Waals surface area contributed by atoms with Gasteiger partial charge >= 0.3 is 17.9 Å².